The van der Waals surface area contributed by atoms with Gasteiger partial charge in [-0.15, -0.1) is 0 Å². The highest BCUT2D eigenvalue weighted by molar-refractivity contribution is 6.11. The predicted octanol–water partition coefficient (Wildman–Crippen LogP) is 3.62. The van der Waals surface area contributed by atoms with Gasteiger partial charge in [-0.3, -0.25) is 14.5 Å². The second-order valence-electron chi connectivity index (χ2n) is 9.07. The lowest BCUT2D eigenvalue weighted by atomic mass is 9.97. The number of nitrogens with zero attached hydrogens (tertiary/aromatic N) is 7. The van der Waals surface area contributed by atoms with Crippen LogP contribution in [-0.2, 0) is 11.8 Å². The Bertz CT molecular complexity index is 1600. The summed E-state index contributed by atoms with van der Waals surface area (Å²) in [6.07, 6.45) is 6.99. The third-order valence-electron chi connectivity index (χ3n) is 6.59. The molecule has 1 saturated heterocycles. The minimum Gasteiger partial charge on any atom is -0.378 e. The summed E-state index contributed by atoms with van der Waals surface area (Å²) in [5.74, 6) is 0.512. The summed E-state index contributed by atoms with van der Waals surface area (Å²) in [5, 5.41) is 9.51. The Balaban J connectivity index is 1.47. The minimum atomic E-state index is -0.247. The molecule has 1 aromatic carbocycles. The summed E-state index contributed by atoms with van der Waals surface area (Å²) in [7, 11) is 1.88. The highest BCUT2D eigenvalue weighted by Gasteiger charge is 2.25. The van der Waals surface area contributed by atoms with Gasteiger partial charge < -0.3 is 15.0 Å². The van der Waals surface area contributed by atoms with Crippen molar-refractivity contribution in [1.29, 1.82) is 0 Å². The molecule has 1 aliphatic heterocycles. The van der Waals surface area contributed by atoms with Gasteiger partial charge in [0, 0.05) is 43.5 Å². The maximum atomic E-state index is 13.8. The number of nitrogens with one attached hydrogen (secondary N) is 1. The molecule has 186 valence electrons. The van der Waals surface area contributed by atoms with Crippen LogP contribution in [0.3, 0.4) is 0 Å². The third kappa shape index (κ3) is 4.36. The second-order valence-corrected chi connectivity index (χ2v) is 9.07. The minimum absolute atomic E-state index is 0.104. The van der Waals surface area contributed by atoms with Crippen LogP contribution < -0.4 is 5.32 Å². The van der Waals surface area contributed by atoms with E-state index in [9.17, 15) is 4.79 Å². The van der Waals surface area contributed by atoms with Crippen molar-refractivity contribution in [2.45, 2.75) is 13.0 Å². The summed E-state index contributed by atoms with van der Waals surface area (Å²) in [4.78, 5) is 33.8. The quantitative estimate of drug-likeness (QED) is 0.394. The van der Waals surface area contributed by atoms with Crippen LogP contribution >= 0.6 is 0 Å². The van der Waals surface area contributed by atoms with Crippen molar-refractivity contribution in [3.05, 3.63) is 72.7 Å². The molecule has 1 N–H and O–H groups in total. The summed E-state index contributed by atoms with van der Waals surface area (Å²) in [6.45, 7) is 4.11. The third-order valence-corrected chi connectivity index (χ3v) is 6.59. The predicted molar refractivity (Wildman–Crippen MR) is 140 cm³/mol. The van der Waals surface area contributed by atoms with Gasteiger partial charge >= 0.3 is 0 Å². The molecule has 1 aliphatic rings. The molecule has 37 heavy (non-hydrogen) atoms. The molecule has 0 saturated carbocycles. The number of fused-ring (bicyclic) bond motifs is 2. The van der Waals surface area contributed by atoms with E-state index in [1.807, 2.05) is 67.7 Å². The van der Waals surface area contributed by atoms with Gasteiger partial charge in [0.05, 0.1) is 36.7 Å². The van der Waals surface area contributed by atoms with Crippen molar-refractivity contribution < 1.29 is 9.53 Å². The van der Waals surface area contributed by atoms with Crippen molar-refractivity contribution in [3.8, 4) is 11.1 Å². The van der Waals surface area contributed by atoms with Crippen molar-refractivity contribution in [2.24, 2.45) is 7.05 Å². The Kier molecular flexibility index (Phi) is 5.93. The van der Waals surface area contributed by atoms with Crippen molar-refractivity contribution in [2.75, 3.05) is 31.6 Å². The molecule has 5 aromatic rings. The van der Waals surface area contributed by atoms with Gasteiger partial charge in [0.1, 0.15) is 17.5 Å². The molecular weight excluding hydrogens is 468 g/mol. The average Bonchev–Trinajstić information content (AvgIpc) is 3.38. The van der Waals surface area contributed by atoms with Crippen molar-refractivity contribution in [1.82, 2.24) is 34.6 Å². The van der Waals surface area contributed by atoms with Gasteiger partial charge in [-0.1, -0.05) is 18.2 Å². The first-order chi connectivity index (χ1) is 18.1. The molecule has 1 fully saturated rings. The Morgan fingerprint density at radius 1 is 1.11 bits per heavy atom. The van der Waals surface area contributed by atoms with E-state index in [0.717, 1.165) is 33.1 Å². The standard InChI is InChI=1S/C27H26N8O2/c1-17(32-26-24-21(29-16-30-26)7-4-8-28-24)22-13-18-5-3-6-20(19-14-31-34(2)15-19)23(18)25(33-22)27(36)35-9-11-37-12-10-35/h3-8,13-17H,9-12H2,1-2H3,(H,29,30,32)/t17-/m0/s1. The van der Waals surface area contributed by atoms with Gasteiger partial charge in [0.15, 0.2) is 5.82 Å². The molecule has 1 amide bonds. The van der Waals surface area contributed by atoms with Crippen LogP contribution in [0.4, 0.5) is 5.82 Å². The first-order valence-electron chi connectivity index (χ1n) is 12.2. The molecule has 0 spiro atoms. The van der Waals surface area contributed by atoms with Crippen LogP contribution in [0.2, 0.25) is 0 Å². The van der Waals surface area contributed by atoms with Gasteiger partial charge in [-0.25, -0.2) is 15.0 Å². The molecular formula is C27H26N8O2. The Labute approximate surface area is 213 Å². The zero-order chi connectivity index (χ0) is 25.4. The van der Waals surface area contributed by atoms with E-state index >= 15 is 0 Å². The molecule has 10 heteroatoms. The molecule has 0 radical (unpaired) electrons. The van der Waals surface area contributed by atoms with E-state index < -0.39 is 0 Å². The fourth-order valence-corrected chi connectivity index (χ4v) is 4.70. The fraction of sp³-hybridized carbons (Fsp3) is 0.259. The number of pyridine rings is 2. The first kappa shape index (κ1) is 23.0. The summed E-state index contributed by atoms with van der Waals surface area (Å²) < 4.78 is 7.23. The van der Waals surface area contributed by atoms with Crippen LogP contribution in [0.25, 0.3) is 32.9 Å². The van der Waals surface area contributed by atoms with Gasteiger partial charge in [-0.05, 0) is 36.1 Å². The monoisotopic (exact) mass is 494 g/mol. The van der Waals surface area contributed by atoms with E-state index in [1.54, 1.807) is 10.9 Å². The second kappa shape index (κ2) is 9.55. The van der Waals surface area contributed by atoms with Gasteiger partial charge in [0.2, 0.25) is 0 Å². The number of rotatable bonds is 5. The lowest BCUT2D eigenvalue weighted by Gasteiger charge is -2.27. The van der Waals surface area contributed by atoms with E-state index in [0.29, 0.717) is 43.3 Å². The number of aryl methyl sites for hydroxylation is 1. The number of anilines is 1. The first-order valence-corrected chi connectivity index (χ1v) is 12.2. The number of carbonyl (C=O) groups excluding carboxylic acids is 1. The van der Waals surface area contributed by atoms with E-state index in [-0.39, 0.29) is 11.9 Å². The van der Waals surface area contributed by atoms with Gasteiger partial charge in [-0.2, -0.15) is 5.10 Å². The zero-order valence-electron chi connectivity index (χ0n) is 20.6. The summed E-state index contributed by atoms with van der Waals surface area (Å²) in [5.41, 5.74) is 4.45. The van der Waals surface area contributed by atoms with E-state index in [2.05, 4.69) is 25.4 Å². The molecule has 6 rings (SSSR count). The average molecular weight is 495 g/mol. The van der Waals surface area contributed by atoms with E-state index in [4.69, 9.17) is 9.72 Å². The van der Waals surface area contributed by atoms with Crippen molar-refractivity contribution >= 4 is 33.5 Å². The van der Waals surface area contributed by atoms with Gasteiger partial charge in [0.25, 0.3) is 5.91 Å². The Morgan fingerprint density at radius 2 is 1.97 bits per heavy atom. The molecule has 0 unspecified atom stereocenters. The number of ether oxygens (including phenoxy) is 1. The smallest absolute Gasteiger partial charge is 0.273 e. The summed E-state index contributed by atoms with van der Waals surface area (Å²) >= 11 is 0. The molecule has 1 atom stereocenters. The largest absolute Gasteiger partial charge is 0.378 e. The number of amides is 1. The van der Waals surface area contributed by atoms with E-state index in [1.165, 1.54) is 6.33 Å². The van der Waals surface area contributed by atoms with Crippen LogP contribution in [0.15, 0.2) is 61.3 Å². The molecule has 0 bridgehead atoms. The zero-order valence-corrected chi connectivity index (χ0v) is 20.6. The van der Waals surface area contributed by atoms with Crippen LogP contribution in [0.1, 0.15) is 29.1 Å². The lowest BCUT2D eigenvalue weighted by Crippen LogP contribution is -2.41. The Morgan fingerprint density at radius 3 is 2.78 bits per heavy atom. The molecule has 10 nitrogen and oxygen atoms in total. The molecule has 4 aromatic heterocycles. The van der Waals surface area contributed by atoms with Crippen LogP contribution in [-0.4, -0.2) is 66.8 Å². The number of hydrogen-bond donors (Lipinski definition) is 1. The maximum Gasteiger partial charge on any atom is 0.273 e. The summed E-state index contributed by atoms with van der Waals surface area (Å²) in [6, 6.07) is 11.5. The highest BCUT2D eigenvalue weighted by atomic mass is 16.5. The number of aromatic nitrogens is 6. The molecule has 0 aliphatic carbocycles. The SMILES string of the molecule is C[C@H](Nc1ncnc2cccnc12)c1cc2cccc(-c3cnn(C)c3)c2c(C(=O)N2CCOCC2)n1. The highest BCUT2D eigenvalue weighted by Crippen LogP contribution is 2.33. The molecule has 5 heterocycles. The number of hydrogen-bond acceptors (Lipinski definition) is 8. The van der Waals surface area contributed by atoms with Crippen molar-refractivity contribution in [3.63, 3.8) is 0 Å². The number of benzene rings is 1. The Hall–Kier alpha value is -4.44. The van der Waals surface area contributed by atoms with Crippen LogP contribution in [0.5, 0.6) is 0 Å². The number of morpholine rings is 1. The lowest BCUT2D eigenvalue weighted by molar-refractivity contribution is 0.0300. The van der Waals surface area contributed by atoms with Crippen LogP contribution in [0, 0.1) is 0 Å². The fourth-order valence-electron chi connectivity index (χ4n) is 4.70. The maximum absolute atomic E-state index is 13.8. The topological polar surface area (TPSA) is 111 Å². The number of carbonyl (C=O) groups is 1. The normalized spacial score (nSPS) is 14.7.